The molecular weight excluding hydrogens is 272 g/mol. The molecule has 1 unspecified atom stereocenters. The van der Waals surface area contributed by atoms with Gasteiger partial charge in [0.25, 0.3) is 0 Å². The third-order valence-electron chi connectivity index (χ3n) is 3.29. The van der Waals surface area contributed by atoms with Crippen LogP contribution in [-0.4, -0.2) is 23.9 Å². The third kappa shape index (κ3) is 3.25. The summed E-state index contributed by atoms with van der Waals surface area (Å²) in [5, 5.41) is 8.55. The van der Waals surface area contributed by atoms with Gasteiger partial charge in [-0.25, -0.2) is 0 Å². The van der Waals surface area contributed by atoms with Crippen molar-refractivity contribution < 1.29 is 0 Å². The minimum atomic E-state index is 0.174. The molecule has 0 saturated carbocycles. The number of rotatable bonds is 5. The Hall–Kier alpha value is -1.68. The maximum Gasteiger partial charge on any atom is 0.0598 e. The number of aryl methyl sites for hydroxylation is 1. The maximum atomic E-state index is 6.10. The predicted octanol–water partition coefficient (Wildman–Crippen LogP) is 3.80. The van der Waals surface area contributed by atoms with E-state index in [0.29, 0.717) is 0 Å². The lowest BCUT2D eigenvalue weighted by Crippen LogP contribution is -2.14. The van der Waals surface area contributed by atoms with Crippen LogP contribution in [-0.2, 0) is 6.54 Å². The van der Waals surface area contributed by atoms with E-state index in [1.165, 1.54) is 0 Å². The molecule has 1 aromatic heterocycles. The molecule has 20 heavy (non-hydrogen) atoms. The summed E-state index contributed by atoms with van der Waals surface area (Å²) in [6.45, 7) is 5.08. The third-order valence-corrected chi connectivity index (χ3v) is 3.52. The van der Waals surface area contributed by atoms with Crippen molar-refractivity contribution in [3.63, 3.8) is 0 Å². The van der Waals surface area contributed by atoms with Crippen molar-refractivity contribution in [2.24, 2.45) is 0 Å². The summed E-state index contributed by atoms with van der Waals surface area (Å²) in [7, 11) is 4.04. The lowest BCUT2D eigenvalue weighted by atomic mass is 10.1. The highest BCUT2D eigenvalue weighted by Gasteiger charge is 2.11. The van der Waals surface area contributed by atoms with E-state index in [-0.39, 0.29) is 6.04 Å². The average Bonchev–Trinajstić information content (AvgIpc) is 2.87. The van der Waals surface area contributed by atoms with E-state index in [2.05, 4.69) is 35.4 Å². The van der Waals surface area contributed by atoms with Gasteiger partial charge < -0.3 is 10.2 Å². The maximum absolute atomic E-state index is 6.10. The fourth-order valence-corrected chi connectivity index (χ4v) is 2.28. The van der Waals surface area contributed by atoms with Gasteiger partial charge in [0.1, 0.15) is 0 Å². The van der Waals surface area contributed by atoms with Crippen LogP contribution >= 0.6 is 11.6 Å². The first-order chi connectivity index (χ1) is 9.51. The van der Waals surface area contributed by atoms with Crippen LogP contribution in [0.25, 0.3) is 0 Å². The molecule has 1 heterocycles. The van der Waals surface area contributed by atoms with Gasteiger partial charge >= 0.3 is 0 Å². The van der Waals surface area contributed by atoms with Gasteiger partial charge in [-0.2, -0.15) is 5.10 Å². The van der Waals surface area contributed by atoms with E-state index in [4.69, 9.17) is 11.6 Å². The van der Waals surface area contributed by atoms with E-state index in [9.17, 15) is 0 Å². The molecule has 0 aliphatic heterocycles. The molecule has 1 atom stereocenters. The Morgan fingerprint density at radius 2 is 2.15 bits per heavy atom. The van der Waals surface area contributed by atoms with Gasteiger partial charge in [-0.05, 0) is 32.0 Å². The first-order valence-corrected chi connectivity index (χ1v) is 7.14. The minimum absolute atomic E-state index is 0.174. The first-order valence-electron chi connectivity index (χ1n) is 6.77. The van der Waals surface area contributed by atoms with Crippen LogP contribution in [0.2, 0.25) is 5.02 Å². The zero-order valence-electron chi connectivity index (χ0n) is 12.4. The molecule has 0 aliphatic rings. The van der Waals surface area contributed by atoms with Crippen molar-refractivity contribution in [2.45, 2.75) is 26.4 Å². The van der Waals surface area contributed by atoms with E-state index < -0.39 is 0 Å². The molecule has 0 amide bonds. The van der Waals surface area contributed by atoms with Crippen LogP contribution < -0.4 is 10.2 Å². The molecule has 0 bridgehead atoms. The summed E-state index contributed by atoms with van der Waals surface area (Å²) in [6, 6.07) is 6.05. The average molecular weight is 293 g/mol. The summed E-state index contributed by atoms with van der Waals surface area (Å²) in [4.78, 5) is 2.07. The normalized spacial score (nSPS) is 12.2. The fraction of sp³-hybridized carbons (Fsp3) is 0.400. The van der Waals surface area contributed by atoms with Gasteiger partial charge in [0, 0.05) is 37.4 Å². The van der Waals surface area contributed by atoms with Crippen LogP contribution in [0.5, 0.6) is 0 Å². The molecule has 108 valence electrons. The number of nitrogens with zero attached hydrogens (tertiary/aromatic N) is 3. The molecule has 1 N–H and O–H groups in total. The minimum Gasteiger partial charge on any atom is -0.377 e. The van der Waals surface area contributed by atoms with Crippen molar-refractivity contribution in [2.75, 3.05) is 24.3 Å². The smallest absolute Gasteiger partial charge is 0.0598 e. The molecule has 0 fully saturated rings. The number of aromatic nitrogens is 2. The van der Waals surface area contributed by atoms with Crippen LogP contribution in [0.15, 0.2) is 30.6 Å². The SMILES string of the molecule is CCn1cc(C(C)Nc2cc(Cl)ccc2N(C)C)cn1. The van der Waals surface area contributed by atoms with Crippen molar-refractivity contribution in [3.05, 3.63) is 41.2 Å². The van der Waals surface area contributed by atoms with Gasteiger partial charge in [0.05, 0.1) is 23.6 Å². The molecule has 0 aliphatic carbocycles. The van der Waals surface area contributed by atoms with Crippen molar-refractivity contribution >= 4 is 23.0 Å². The standard InChI is InChI=1S/C15H21ClN4/c1-5-20-10-12(9-17-20)11(2)18-14-8-13(16)6-7-15(14)19(3)4/h6-11,18H,5H2,1-4H3. The van der Waals surface area contributed by atoms with Crippen molar-refractivity contribution in [3.8, 4) is 0 Å². The lowest BCUT2D eigenvalue weighted by Gasteiger charge is -2.21. The quantitative estimate of drug-likeness (QED) is 0.910. The predicted molar refractivity (Wildman–Crippen MR) is 85.7 cm³/mol. The Morgan fingerprint density at radius 3 is 2.75 bits per heavy atom. The number of hydrogen-bond donors (Lipinski definition) is 1. The second kappa shape index (κ2) is 6.18. The molecule has 5 heteroatoms. The number of halogens is 1. The van der Waals surface area contributed by atoms with Gasteiger partial charge in [-0.15, -0.1) is 0 Å². The van der Waals surface area contributed by atoms with Crippen molar-refractivity contribution in [1.29, 1.82) is 0 Å². The van der Waals surface area contributed by atoms with Gasteiger partial charge in [0.2, 0.25) is 0 Å². The number of anilines is 2. The highest BCUT2D eigenvalue weighted by atomic mass is 35.5. The second-order valence-corrected chi connectivity index (χ2v) is 5.49. The number of nitrogens with one attached hydrogen (secondary N) is 1. The molecule has 2 rings (SSSR count). The van der Waals surface area contributed by atoms with Crippen LogP contribution in [0.1, 0.15) is 25.5 Å². The summed E-state index contributed by atoms with van der Waals surface area (Å²) >= 11 is 6.10. The highest BCUT2D eigenvalue weighted by molar-refractivity contribution is 6.31. The lowest BCUT2D eigenvalue weighted by molar-refractivity contribution is 0.658. The second-order valence-electron chi connectivity index (χ2n) is 5.05. The zero-order valence-corrected chi connectivity index (χ0v) is 13.1. The van der Waals surface area contributed by atoms with Gasteiger partial charge in [0.15, 0.2) is 0 Å². The Bertz CT molecular complexity index is 577. The van der Waals surface area contributed by atoms with Gasteiger partial charge in [-0.1, -0.05) is 11.6 Å². The Balaban J connectivity index is 2.22. The van der Waals surface area contributed by atoms with E-state index in [1.807, 2.05) is 43.2 Å². The molecule has 2 aromatic rings. The molecule has 1 aromatic carbocycles. The summed E-state index contributed by atoms with van der Waals surface area (Å²) in [5.74, 6) is 0. The number of benzene rings is 1. The highest BCUT2D eigenvalue weighted by Crippen LogP contribution is 2.30. The Labute approximate surface area is 125 Å². The Kier molecular flexibility index (Phi) is 4.55. The van der Waals surface area contributed by atoms with E-state index in [1.54, 1.807) is 0 Å². The van der Waals surface area contributed by atoms with Crippen molar-refractivity contribution in [1.82, 2.24) is 9.78 Å². The van der Waals surface area contributed by atoms with Gasteiger partial charge in [-0.3, -0.25) is 4.68 Å². The number of hydrogen-bond acceptors (Lipinski definition) is 3. The largest absolute Gasteiger partial charge is 0.377 e. The topological polar surface area (TPSA) is 33.1 Å². The molecule has 4 nitrogen and oxygen atoms in total. The molecule has 0 radical (unpaired) electrons. The summed E-state index contributed by atoms with van der Waals surface area (Å²) in [5.41, 5.74) is 3.31. The van der Waals surface area contributed by atoms with Crippen LogP contribution in [0.3, 0.4) is 0 Å². The molecule has 0 spiro atoms. The molecular formula is C15H21ClN4. The van der Waals surface area contributed by atoms with E-state index in [0.717, 1.165) is 28.5 Å². The Morgan fingerprint density at radius 1 is 1.40 bits per heavy atom. The van der Waals surface area contributed by atoms with Crippen LogP contribution in [0.4, 0.5) is 11.4 Å². The molecule has 0 saturated heterocycles. The zero-order chi connectivity index (χ0) is 14.7. The van der Waals surface area contributed by atoms with E-state index >= 15 is 0 Å². The summed E-state index contributed by atoms with van der Waals surface area (Å²) in [6.07, 6.45) is 3.97. The van der Waals surface area contributed by atoms with Crippen LogP contribution in [0, 0.1) is 0 Å². The fourth-order valence-electron chi connectivity index (χ4n) is 2.11. The first kappa shape index (κ1) is 14.7. The summed E-state index contributed by atoms with van der Waals surface area (Å²) < 4.78 is 1.93. The monoisotopic (exact) mass is 292 g/mol.